The van der Waals surface area contributed by atoms with Gasteiger partial charge in [0.15, 0.2) is 0 Å². The SMILES string of the molecule is N#CC1CCCN(c2ccc(NC(=O)Cc3ccccn3)nc2)C1. The number of hydrogen-bond donors (Lipinski definition) is 1. The van der Waals surface area contributed by atoms with E-state index >= 15 is 0 Å². The van der Waals surface area contributed by atoms with Crippen molar-refractivity contribution in [1.29, 1.82) is 5.26 Å². The highest BCUT2D eigenvalue weighted by atomic mass is 16.1. The second-order valence-corrected chi connectivity index (χ2v) is 5.86. The van der Waals surface area contributed by atoms with Crippen LogP contribution in [0.5, 0.6) is 0 Å². The van der Waals surface area contributed by atoms with Crippen LogP contribution in [-0.2, 0) is 11.2 Å². The van der Waals surface area contributed by atoms with E-state index in [-0.39, 0.29) is 18.2 Å². The summed E-state index contributed by atoms with van der Waals surface area (Å²) in [6.45, 7) is 1.68. The van der Waals surface area contributed by atoms with E-state index in [1.54, 1.807) is 18.5 Å². The van der Waals surface area contributed by atoms with E-state index in [1.807, 2.05) is 24.3 Å². The summed E-state index contributed by atoms with van der Waals surface area (Å²) in [5.41, 5.74) is 1.71. The van der Waals surface area contributed by atoms with Crippen molar-refractivity contribution in [1.82, 2.24) is 9.97 Å². The third kappa shape index (κ3) is 4.07. The van der Waals surface area contributed by atoms with Crippen LogP contribution < -0.4 is 10.2 Å². The highest BCUT2D eigenvalue weighted by Crippen LogP contribution is 2.23. The summed E-state index contributed by atoms with van der Waals surface area (Å²) in [7, 11) is 0. The Balaban J connectivity index is 1.58. The van der Waals surface area contributed by atoms with Gasteiger partial charge in [0.25, 0.3) is 0 Å². The van der Waals surface area contributed by atoms with E-state index in [1.165, 1.54) is 0 Å². The topological polar surface area (TPSA) is 81.9 Å². The summed E-state index contributed by atoms with van der Waals surface area (Å²) >= 11 is 0. The van der Waals surface area contributed by atoms with Gasteiger partial charge in [-0.2, -0.15) is 5.26 Å². The first-order valence-corrected chi connectivity index (χ1v) is 8.05. The number of anilines is 2. The van der Waals surface area contributed by atoms with Crippen molar-refractivity contribution in [2.75, 3.05) is 23.3 Å². The second kappa shape index (κ2) is 7.55. The molecule has 0 radical (unpaired) electrons. The minimum Gasteiger partial charge on any atom is -0.369 e. The van der Waals surface area contributed by atoms with Gasteiger partial charge in [-0.3, -0.25) is 9.78 Å². The zero-order valence-corrected chi connectivity index (χ0v) is 13.4. The fourth-order valence-corrected chi connectivity index (χ4v) is 2.82. The fourth-order valence-electron chi connectivity index (χ4n) is 2.82. The van der Waals surface area contributed by atoms with E-state index in [2.05, 4.69) is 26.3 Å². The number of carbonyl (C=O) groups is 1. The number of rotatable bonds is 4. The van der Waals surface area contributed by atoms with Gasteiger partial charge in [-0.15, -0.1) is 0 Å². The number of nitrogens with one attached hydrogen (secondary N) is 1. The van der Waals surface area contributed by atoms with Gasteiger partial charge in [0.1, 0.15) is 5.82 Å². The first-order valence-electron chi connectivity index (χ1n) is 8.05. The number of amides is 1. The Morgan fingerprint density at radius 3 is 2.96 bits per heavy atom. The van der Waals surface area contributed by atoms with Crippen LogP contribution in [0.1, 0.15) is 18.5 Å². The quantitative estimate of drug-likeness (QED) is 0.935. The van der Waals surface area contributed by atoms with E-state index < -0.39 is 0 Å². The first kappa shape index (κ1) is 15.9. The molecule has 122 valence electrons. The molecular weight excluding hydrogens is 302 g/mol. The Labute approximate surface area is 141 Å². The molecule has 6 nitrogen and oxygen atoms in total. The molecule has 3 heterocycles. The largest absolute Gasteiger partial charge is 0.369 e. The molecule has 1 saturated heterocycles. The van der Waals surface area contributed by atoms with Crippen molar-refractivity contribution in [3.8, 4) is 6.07 Å². The van der Waals surface area contributed by atoms with Crippen LogP contribution >= 0.6 is 0 Å². The molecule has 1 amide bonds. The van der Waals surface area contributed by atoms with E-state index in [9.17, 15) is 4.79 Å². The summed E-state index contributed by atoms with van der Waals surface area (Å²) in [6, 6.07) is 11.6. The lowest BCUT2D eigenvalue weighted by Crippen LogP contribution is -2.34. The van der Waals surface area contributed by atoms with Gasteiger partial charge < -0.3 is 10.2 Å². The molecule has 1 aliphatic heterocycles. The molecule has 0 aliphatic carbocycles. The number of aromatic nitrogens is 2. The molecule has 6 heteroatoms. The minimum absolute atomic E-state index is 0.0801. The molecule has 2 aromatic rings. The van der Waals surface area contributed by atoms with Gasteiger partial charge in [0, 0.05) is 25.0 Å². The molecule has 0 spiro atoms. The first-order chi connectivity index (χ1) is 11.7. The van der Waals surface area contributed by atoms with E-state index in [4.69, 9.17) is 5.26 Å². The molecule has 3 rings (SSSR count). The summed E-state index contributed by atoms with van der Waals surface area (Å²) in [5, 5.41) is 11.9. The molecule has 0 bridgehead atoms. The molecular formula is C18H19N5O. The lowest BCUT2D eigenvalue weighted by molar-refractivity contribution is -0.115. The molecule has 1 fully saturated rings. The predicted molar refractivity (Wildman–Crippen MR) is 91.4 cm³/mol. The van der Waals surface area contributed by atoms with Crippen LogP contribution in [0.25, 0.3) is 0 Å². The van der Waals surface area contributed by atoms with Crippen LogP contribution in [0.15, 0.2) is 42.7 Å². The van der Waals surface area contributed by atoms with Crippen LogP contribution in [0.3, 0.4) is 0 Å². The smallest absolute Gasteiger partial charge is 0.231 e. The van der Waals surface area contributed by atoms with Crippen LogP contribution in [0.4, 0.5) is 11.5 Å². The van der Waals surface area contributed by atoms with Gasteiger partial charge in [0.2, 0.25) is 5.91 Å². The minimum atomic E-state index is -0.142. The molecule has 1 N–H and O–H groups in total. The Kier molecular flexibility index (Phi) is 5.02. The van der Waals surface area contributed by atoms with Gasteiger partial charge >= 0.3 is 0 Å². The number of carbonyl (C=O) groups excluding carboxylic acids is 1. The summed E-state index contributed by atoms with van der Waals surface area (Å²) < 4.78 is 0. The van der Waals surface area contributed by atoms with Crippen molar-refractivity contribution < 1.29 is 4.79 Å². The maximum atomic E-state index is 12.0. The molecule has 0 aromatic carbocycles. The monoisotopic (exact) mass is 321 g/mol. The maximum Gasteiger partial charge on any atom is 0.231 e. The standard InChI is InChI=1S/C18H19N5O/c19-11-14-4-3-9-23(13-14)16-6-7-17(21-12-16)22-18(24)10-15-5-1-2-8-20-15/h1-2,5-8,12,14H,3-4,9-10,13H2,(H,21,22,24). The van der Waals surface area contributed by atoms with Gasteiger partial charge in [0.05, 0.1) is 30.3 Å². The summed E-state index contributed by atoms with van der Waals surface area (Å²) in [5.74, 6) is 0.460. The van der Waals surface area contributed by atoms with Crippen LogP contribution in [0, 0.1) is 17.2 Å². The Morgan fingerprint density at radius 1 is 1.33 bits per heavy atom. The fraction of sp³-hybridized carbons (Fsp3) is 0.333. The Bertz CT molecular complexity index is 723. The van der Waals surface area contributed by atoms with E-state index in [0.717, 1.165) is 37.3 Å². The molecule has 0 saturated carbocycles. The summed E-state index contributed by atoms with van der Waals surface area (Å²) in [4.78, 5) is 22.6. The predicted octanol–water partition coefficient (Wildman–Crippen LogP) is 2.40. The number of hydrogen-bond acceptors (Lipinski definition) is 5. The lowest BCUT2D eigenvalue weighted by Gasteiger charge is -2.31. The highest BCUT2D eigenvalue weighted by Gasteiger charge is 2.19. The second-order valence-electron chi connectivity index (χ2n) is 5.86. The molecule has 1 atom stereocenters. The van der Waals surface area contributed by atoms with Gasteiger partial charge in [-0.25, -0.2) is 4.98 Å². The summed E-state index contributed by atoms with van der Waals surface area (Å²) in [6.07, 6.45) is 5.61. The normalized spacial score (nSPS) is 17.1. The Morgan fingerprint density at radius 2 is 2.25 bits per heavy atom. The van der Waals surface area contributed by atoms with E-state index in [0.29, 0.717) is 5.82 Å². The zero-order valence-electron chi connectivity index (χ0n) is 13.4. The average molecular weight is 321 g/mol. The van der Waals surface area contributed by atoms with Crippen molar-refractivity contribution in [2.24, 2.45) is 5.92 Å². The number of nitriles is 1. The van der Waals surface area contributed by atoms with Gasteiger partial charge in [-0.05, 0) is 37.1 Å². The van der Waals surface area contributed by atoms with Crippen molar-refractivity contribution >= 4 is 17.4 Å². The van der Waals surface area contributed by atoms with Crippen molar-refractivity contribution in [2.45, 2.75) is 19.3 Å². The number of nitrogens with zero attached hydrogens (tertiary/aromatic N) is 4. The highest BCUT2D eigenvalue weighted by molar-refractivity contribution is 5.91. The number of piperidine rings is 1. The maximum absolute atomic E-state index is 12.0. The van der Waals surface area contributed by atoms with Crippen LogP contribution in [0.2, 0.25) is 0 Å². The Hall–Kier alpha value is -2.94. The third-order valence-corrected chi connectivity index (χ3v) is 4.05. The van der Waals surface area contributed by atoms with Crippen LogP contribution in [-0.4, -0.2) is 29.0 Å². The molecule has 1 aliphatic rings. The lowest BCUT2D eigenvalue weighted by atomic mass is 9.99. The van der Waals surface area contributed by atoms with Crippen molar-refractivity contribution in [3.63, 3.8) is 0 Å². The zero-order chi connectivity index (χ0) is 16.8. The molecule has 2 aromatic heterocycles. The third-order valence-electron chi connectivity index (χ3n) is 4.05. The number of pyridine rings is 2. The van der Waals surface area contributed by atoms with Crippen molar-refractivity contribution in [3.05, 3.63) is 48.4 Å². The molecule has 1 unspecified atom stereocenters. The molecule has 24 heavy (non-hydrogen) atoms. The average Bonchev–Trinajstić information content (AvgIpc) is 2.63. The van der Waals surface area contributed by atoms with Gasteiger partial charge in [-0.1, -0.05) is 6.07 Å².